The summed E-state index contributed by atoms with van der Waals surface area (Å²) in [5, 5.41) is 7.19. The molecule has 7 heteroatoms. The number of para-hydroxylation sites is 1. The first-order valence-electron chi connectivity index (χ1n) is 7.60. The predicted octanol–water partition coefficient (Wildman–Crippen LogP) is 2.46. The predicted molar refractivity (Wildman–Crippen MR) is 92.7 cm³/mol. The Balaban J connectivity index is 1.78. The molecule has 0 fully saturated rings. The normalized spacial score (nSPS) is 14.3. The lowest BCUT2D eigenvalue weighted by Gasteiger charge is -2.21. The molecule has 2 heterocycles. The number of nitrogens with zero attached hydrogens (tertiary/aromatic N) is 1. The maximum Gasteiger partial charge on any atom is 0.337 e. The highest BCUT2D eigenvalue weighted by Crippen LogP contribution is 2.23. The monoisotopic (exact) mass is 343 g/mol. The Bertz CT molecular complexity index is 820. The standard InChI is InChI=1S/C17H17N3O3S/c1-2-23-16(21)12-9-18-17(22)20-14(12)10-24-15-8-7-11-5-3-4-6-13(11)19-15/h3-8H,2,9-10H2,1H3,(H2,18,20,22). The molecule has 2 N–H and O–H groups in total. The molecule has 0 radical (unpaired) electrons. The number of benzene rings is 1. The number of hydrogen-bond donors (Lipinski definition) is 2. The Morgan fingerprint density at radius 3 is 2.96 bits per heavy atom. The van der Waals surface area contributed by atoms with Crippen LogP contribution >= 0.6 is 11.8 Å². The molecule has 0 spiro atoms. The lowest BCUT2D eigenvalue weighted by Crippen LogP contribution is -2.44. The average molecular weight is 343 g/mol. The molecule has 1 aromatic heterocycles. The van der Waals surface area contributed by atoms with Crippen LogP contribution in [0.2, 0.25) is 0 Å². The first kappa shape index (κ1) is 16.3. The van der Waals surface area contributed by atoms with Gasteiger partial charge in [0.15, 0.2) is 0 Å². The molecular formula is C17H17N3O3S. The van der Waals surface area contributed by atoms with Crippen molar-refractivity contribution in [2.45, 2.75) is 11.9 Å². The number of pyridine rings is 1. The number of hydrogen-bond acceptors (Lipinski definition) is 5. The Morgan fingerprint density at radius 2 is 2.12 bits per heavy atom. The lowest BCUT2D eigenvalue weighted by atomic mass is 10.2. The summed E-state index contributed by atoms with van der Waals surface area (Å²) in [5.41, 5.74) is 1.93. The van der Waals surface area contributed by atoms with Gasteiger partial charge in [-0.2, -0.15) is 0 Å². The van der Waals surface area contributed by atoms with Crippen molar-refractivity contribution in [2.24, 2.45) is 0 Å². The Labute approximate surface area is 143 Å². The quantitative estimate of drug-likeness (QED) is 0.644. The van der Waals surface area contributed by atoms with Crippen LogP contribution in [0.5, 0.6) is 0 Å². The van der Waals surface area contributed by atoms with Crippen molar-refractivity contribution >= 4 is 34.7 Å². The molecule has 6 nitrogen and oxygen atoms in total. The number of amides is 2. The second-order valence-electron chi connectivity index (χ2n) is 5.12. The van der Waals surface area contributed by atoms with Gasteiger partial charge in [-0.25, -0.2) is 14.6 Å². The van der Waals surface area contributed by atoms with E-state index in [-0.39, 0.29) is 12.6 Å². The van der Waals surface area contributed by atoms with Gasteiger partial charge in [-0.15, -0.1) is 11.8 Å². The smallest absolute Gasteiger partial charge is 0.337 e. The van der Waals surface area contributed by atoms with Crippen LogP contribution in [0.3, 0.4) is 0 Å². The molecule has 0 atom stereocenters. The number of rotatable bonds is 5. The summed E-state index contributed by atoms with van der Waals surface area (Å²) in [5.74, 6) is 0.0273. The van der Waals surface area contributed by atoms with Crippen LogP contribution in [-0.2, 0) is 9.53 Å². The molecule has 0 bridgehead atoms. The molecule has 1 aliphatic rings. The van der Waals surface area contributed by atoms with E-state index in [0.29, 0.717) is 23.6 Å². The van der Waals surface area contributed by atoms with E-state index in [1.807, 2.05) is 36.4 Å². The van der Waals surface area contributed by atoms with Gasteiger partial charge >= 0.3 is 12.0 Å². The lowest BCUT2D eigenvalue weighted by molar-refractivity contribution is -0.138. The second kappa shape index (κ2) is 7.35. The third-order valence-corrected chi connectivity index (χ3v) is 4.47. The summed E-state index contributed by atoms with van der Waals surface area (Å²) in [7, 11) is 0. The Morgan fingerprint density at radius 1 is 1.29 bits per heavy atom. The summed E-state index contributed by atoms with van der Waals surface area (Å²) in [6.45, 7) is 2.22. The molecule has 0 saturated heterocycles. The van der Waals surface area contributed by atoms with Gasteiger partial charge in [-0.05, 0) is 19.1 Å². The minimum atomic E-state index is -0.410. The maximum atomic E-state index is 12.0. The van der Waals surface area contributed by atoms with Crippen molar-refractivity contribution in [1.29, 1.82) is 0 Å². The van der Waals surface area contributed by atoms with Gasteiger partial charge in [0.25, 0.3) is 0 Å². The average Bonchev–Trinajstić information content (AvgIpc) is 2.60. The van der Waals surface area contributed by atoms with Gasteiger partial charge in [0.2, 0.25) is 0 Å². The van der Waals surface area contributed by atoms with Gasteiger partial charge < -0.3 is 15.4 Å². The number of ether oxygens (including phenoxy) is 1. The van der Waals surface area contributed by atoms with E-state index >= 15 is 0 Å². The van der Waals surface area contributed by atoms with Crippen LogP contribution in [0.4, 0.5) is 4.79 Å². The maximum absolute atomic E-state index is 12.0. The van der Waals surface area contributed by atoms with Gasteiger partial charge in [0.1, 0.15) is 0 Å². The van der Waals surface area contributed by atoms with Crippen LogP contribution in [0.15, 0.2) is 52.7 Å². The van der Waals surface area contributed by atoms with E-state index in [1.165, 1.54) is 11.8 Å². The number of thioether (sulfide) groups is 1. The van der Waals surface area contributed by atoms with Crippen molar-refractivity contribution in [3.63, 3.8) is 0 Å². The van der Waals surface area contributed by atoms with Crippen LogP contribution in [0, 0.1) is 0 Å². The molecule has 1 aromatic carbocycles. The molecule has 24 heavy (non-hydrogen) atoms. The van der Waals surface area contributed by atoms with Crippen molar-refractivity contribution in [1.82, 2.24) is 15.6 Å². The molecule has 2 aromatic rings. The van der Waals surface area contributed by atoms with E-state index in [0.717, 1.165) is 15.9 Å². The molecule has 0 saturated carbocycles. The number of carbonyl (C=O) groups is 2. The summed E-state index contributed by atoms with van der Waals surface area (Å²) in [4.78, 5) is 28.1. The van der Waals surface area contributed by atoms with Crippen LogP contribution < -0.4 is 10.6 Å². The van der Waals surface area contributed by atoms with Gasteiger partial charge in [-0.1, -0.05) is 24.3 Å². The van der Waals surface area contributed by atoms with Crippen LogP contribution in [0.1, 0.15) is 6.92 Å². The zero-order valence-electron chi connectivity index (χ0n) is 13.2. The highest BCUT2D eigenvalue weighted by molar-refractivity contribution is 7.99. The first-order valence-corrected chi connectivity index (χ1v) is 8.58. The topological polar surface area (TPSA) is 80.3 Å². The van der Waals surface area contributed by atoms with Gasteiger partial charge in [-0.3, -0.25) is 0 Å². The van der Waals surface area contributed by atoms with E-state index in [4.69, 9.17) is 4.74 Å². The molecule has 3 rings (SSSR count). The van der Waals surface area contributed by atoms with Gasteiger partial charge in [0, 0.05) is 16.8 Å². The van der Waals surface area contributed by atoms with E-state index in [9.17, 15) is 9.59 Å². The summed E-state index contributed by atoms with van der Waals surface area (Å²) in [6, 6.07) is 11.5. The molecule has 2 amide bonds. The SMILES string of the molecule is CCOC(=O)C1=C(CSc2ccc3ccccc3n2)NC(=O)NC1. The fourth-order valence-electron chi connectivity index (χ4n) is 2.34. The Hall–Kier alpha value is -2.54. The number of fused-ring (bicyclic) bond motifs is 1. The fraction of sp³-hybridized carbons (Fsp3) is 0.235. The Kier molecular flexibility index (Phi) is 5.00. The minimum absolute atomic E-state index is 0.172. The van der Waals surface area contributed by atoms with E-state index in [2.05, 4.69) is 15.6 Å². The molecule has 1 aliphatic heterocycles. The van der Waals surface area contributed by atoms with Crippen molar-refractivity contribution in [3.8, 4) is 0 Å². The molecule has 0 unspecified atom stereocenters. The largest absolute Gasteiger partial charge is 0.463 e. The summed E-state index contributed by atoms with van der Waals surface area (Å²) in [6.07, 6.45) is 0. The highest BCUT2D eigenvalue weighted by Gasteiger charge is 2.23. The highest BCUT2D eigenvalue weighted by atomic mass is 32.2. The third-order valence-electron chi connectivity index (χ3n) is 3.51. The molecule has 0 aliphatic carbocycles. The number of esters is 1. The number of urea groups is 1. The van der Waals surface area contributed by atoms with E-state index in [1.54, 1.807) is 6.92 Å². The fourth-order valence-corrected chi connectivity index (χ4v) is 3.21. The second-order valence-corrected chi connectivity index (χ2v) is 6.11. The zero-order chi connectivity index (χ0) is 16.9. The number of carbonyl (C=O) groups excluding carboxylic acids is 2. The summed E-state index contributed by atoms with van der Waals surface area (Å²) >= 11 is 1.46. The van der Waals surface area contributed by atoms with Gasteiger partial charge in [0.05, 0.1) is 29.3 Å². The third kappa shape index (κ3) is 3.68. The number of nitrogens with one attached hydrogen (secondary N) is 2. The molecular weight excluding hydrogens is 326 g/mol. The summed E-state index contributed by atoms with van der Waals surface area (Å²) < 4.78 is 5.04. The van der Waals surface area contributed by atoms with Crippen LogP contribution in [-0.4, -0.2) is 35.9 Å². The van der Waals surface area contributed by atoms with Crippen LogP contribution in [0.25, 0.3) is 10.9 Å². The minimum Gasteiger partial charge on any atom is -0.463 e. The van der Waals surface area contributed by atoms with E-state index < -0.39 is 5.97 Å². The molecule has 124 valence electrons. The number of aromatic nitrogens is 1. The first-order chi connectivity index (χ1) is 11.7. The van der Waals surface area contributed by atoms with Crippen molar-refractivity contribution in [2.75, 3.05) is 18.9 Å². The zero-order valence-corrected chi connectivity index (χ0v) is 14.0. The van der Waals surface area contributed by atoms with Crippen molar-refractivity contribution in [3.05, 3.63) is 47.7 Å². The van der Waals surface area contributed by atoms with Crippen molar-refractivity contribution < 1.29 is 14.3 Å².